The minimum absolute atomic E-state index is 0.943. The van der Waals surface area contributed by atoms with E-state index in [4.69, 9.17) is 0 Å². The fraction of sp³-hybridized carbons (Fsp3) is 0.500. The van der Waals surface area contributed by atoms with Gasteiger partial charge in [-0.05, 0) is 23.6 Å². The number of thiocarbonyl (C=S) groups is 2. The van der Waals surface area contributed by atoms with Crippen molar-refractivity contribution in [3.8, 4) is 0 Å². The molecule has 0 saturated carbocycles. The lowest BCUT2D eigenvalue weighted by Gasteiger charge is -1.73. The summed E-state index contributed by atoms with van der Waals surface area (Å²) in [5.74, 6) is 0. The number of hydrogen-bond acceptors (Lipinski definition) is 2. The van der Waals surface area contributed by atoms with E-state index in [-0.39, 0.29) is 0 Å². The Labute approximate surface area is 48.6 Å². The van der Waals surface area contributed by atoms with Gasteiger partial charge in [0, 0.05) is 0 Å². The summed E-state index contributed by atoms with van der Waals surface area (Å²) in [6, 6.07) is 0. The third-order valence-corrected chi connectivity index (χ3v) is 0.874. The molecule has 0 atom stereocenters. The molecule has 0 rings (SSSR count). The molecule has 0 radical (unpaired) electrons. The van der Waals surface area contributed by atoms with Crippen molar-refractivity contribution < 1.29 is 0 Å². The molecule has 0 fully saturated rings. The summed E-state index contributed by atoms with van der Waals surface area (Å²) >= 11 is 9.05. The van der Waals surface area contributed by atoms with Gasteiger partial charge in [0.05, 0.1) is 0 Å². The zero-order valence-corrected chi connectivity index (χ0v) is 5.02. The third kappa shape index (κ3) is 4.18. The summed E-state index contributed by atoms with van der Waals surface area (Å²) < 4.78 is 0. The molecule has 0 N–H and O–H groups in total. The van der Waals surface area contributed by atoms with Crippen LogP contribution < -0.4 is 0 Å². The van der Waals surface area contributed by atoms with Crippen LogP contribution in [0.25, 0.3) is 0 Å². The Hall–Kier alpha value is 0.180. The van der Waals surface area contributed by atoms with Crippen molar-refractivity contribution in [2.45, 2.75) is 12.8 Å². The maximum Gasteiger partial charge on any atom is -0.0202 e. The molecule has 0 aromatic rings. The molecule has 0 bridgehead atoms. The van der Waals surface area contributed by atoms with Crippen LogP contribution in [0.4, 0.5) is 0 Å². The third-order valence-electron chi connectivity index (χ3n) is 0.402. The highest BCUT2D eigenvalue weighted by molar-refractivity contribution is 7.79. The van der Waals surface area contributed by atoms with Crippen molar-refractivity contribution in [3.63, 3.8) is 0 Å². The Kier molecular flexibility index (Phi) is 5.34. The zero-order chi connectivity index (χ0) is 4.83. The smallest absolute Gasteiger partial charge is 0.0202 e. The van der Waals surface area contributed by atoms with Crippen LogP contribution in [-0.2, 0) is 0 Å². The Bertz CT molecular complexity index is 41.5. The Balaban J connectivity index is 2.66. The second-order valence-electron chi connectivity index (χ2n) is 0.911. The number of rotatable bonds is 3. The molecule has 0 aliphatic rings. The van der Waals surface area contributed by atoms with Gasteiger partial charge in [0.1, 0.15) is 0 Å². The van der Waals surface area contributed by atoms with Gasteiger partial charge in [0.25, 0.3) is 0 Å². The molecule has 6 heavy (non-hydrogen) atoms. The monoisotopic (exact) mass is 118 g/mol. The predicted molar refractivity (Wildman–Crippen MR) is 36.5 cm³/mol. The van der Waals surface area contributed by atoms with E-state index in [1.54, 1.807) is 10.7 Å². The minimum Gasteiger partial charge on any atom is -0.0935 e. The number of hydrogen-bond donors (Lipinski definition) is 0. The van der Waals surface area contributed by atoms with E-state index in [0.29, 0.717) is 0 Å². The predicted octanol–water partition coefficient (Wildman–Crippen LogP) is 1.77. The lowest BCUT2D eigenvalue weighted by Crippen LogP contribution is -1.69. The first kappa shape index (κ1) is 6.18. The van der Waals surface area contributed by atoms with Crippen LogP contribution in [0, 0.1) is 0 Å². The van der Waals surface area contributed by atoms with Crippen molar-refractivity contribution in [1.29, 1.82) is 0 Å². The molecule has 0 aliphatic carbocycles. The maximum absolute atomic E-state index is 4.53. The fourth-order valence-electron chi connectivity index (χ4n) is 0.136. The molecule has 0 amide bonds. The average molecular weight is 118 g/mol. The summed E-state index contributed by atoms with van der Waals surface area (Å²) in [5.41, 5.74) is 0. The second kappa shape index (κ2) is 5.18. The highest BCUT2D eigenvalue weighted by Crippen LogP contribution is 1.77. The summed E-state index contributed by atoms with van der Waals surface area (Å²) in [7, 11) is 0. The van der Waals surface area contributed by atoms with Gasteiger partial charge < -0.3 is 0 Å². The zero-order valence-electron chi connectivity index (χ0n) is 3.39. The molecule has 0 spiro atoms. The number of unbranched alkanes of at least 4 members (excludes halogenated alkanes) is 1. The molecular weight excluding hydrogens is 112 g/mol. The molecule has 0 aromatic heterocycles. The van der Waals surface area contributed by atoms with E-state index >= 15 is 0 Å². The topological polar surface area (TPSA) is 0 Å². The van der Waals surface area contributed by atoms with Crippen molar-refractivity contribution in [1.82, 2.24) is 0 Å². The summed E-state index contributed by atoms with van der Waals surface area (Å²) in [6.07, 6.45) is 1.89. The molecular formula is C4H6S2. The van der Waals surface area contributed by atoms with Gasteiger partial charge in [-0.25, -0.2) is 0 Å². The van der Waals surface area contributed by atoms with Crippen LogP contribution in [0.5, 0.6) is 0 Å². The van der Waals surface area contributed by atoms with Crippen molar-refractivity contribution >= 4 is 35.2 Å². The van der Waals surface area contributed by atoms with Gasteiger partial charge in [-0.2, -0.15) is 0 Å². The molecule has 0 aliphatic heterocycles. The molecule has 0 heterocycles. The SMILES string of the molecule is S=CCCC=S. The molecule has 0 nitrogen and oxygen atoms in total. The standard InChI is InChI=1S/C4H6S2/c5-3-1-2-4-6/h3-4H,1-2H2. The van der Waals surface area contributed by atoms with Crippen molar-refractivity contribution in [2.24, 2.45) is 0 Å². The van der Waals surface area contributed by atoms with Gasteiger partial charge in [-0.1, -0.05) is 24.4 Å². The molecule has 0 aromatic carbocycles. The van der Waals surface area contributed by atoms with Crippen molar-refractivity contribution in [3.05, 3.63) is 0 Å². The van der Waals surface area contributed by atoms with Gasteiger partial charge in [-0.15, -0.1) is 0 Å². The van der Waals surface area contributed by atoms with Crippen LogP contribution in [0.2, 0.25) is 0 Å². The maximum atomic E-state index is 4.53. The van der Waals surface area contributed by atoms with E-state index in [1.807, 2.05) is 0 Å². The first-order valence-corrected chi connectivity index (χ1v) is 2.73. The van der Waals surface area contributed by atoms with Gasteiger partial charge in [0.15, 0.2) is 0 Å². The van der Waals surface area contributed by atoms with Crippen LogP contribution >= 0.6 is 24.4 Å². The van der Waals surface area contributed by atoms with E-state index < -0.39 is 0 Å². The van der Waals surface area contributed by atoms with E-state index in [9.17, 15) is 0 Å². The summed E-state index contributed by atoms with van der Waals surface area (Å²) in [5, 5.41) is 3.39. The van der Waals surface area contributed by atoms with E-state index in [0.717, 1.165) is 12.8 Å². The molecule has 0 unspecified atom stereocenters. The summed E-state index contributed by atoms with van der Waals surface area (Å²) in [6.45, 7) is 0. The van der Waals surface area contributed by atoms with Crippen LogP contribution in [0.15, 0.2) is 0 Å². The van der Waals surface area contributed by atoms with E-state index in [2.05, 4.69) is 24.4 Å². The first-order chi connectivity index (χ1) is 2.91. The Morgan fingerprint density at radius 2 is 1.33 bits per heavy atom. The lowest BCUT2D eigenvalue weighted by molar-refractivity contribution is 1.23. The Morgan fingerprint density at radius 3 is 1.50 bits per heavy atom. The van der Waals surface area contributed by atoms with Gasteiger partial charge >= 0.3 is 0 Å². The minimum atomic E-state index is 0.943. The fourth-order valence-corrected chi connectivity index (χ4v) is 0.408. The summed E-state index contributed by atoms with van der Waals surface area (Å²) in [4.78, 5) is 0. The molecule has 0 saturated heterocycles. The second-order valence-corrected chi connectivity index (χ2v) is 1.58. The largest absolute Gasteiger partial charge is 0.0935 e. The van der Waals surface area contributed by atoms with Gasteiger partial charge in [-0.3, -0.25) is 0 Å². The average Bonchev–Trinajstić information content (AvgIpc) is 1.61. The van der Waals surface area contributed by atoms with Gasteiger partial charge in [0.2, 0.25) is 0 Å². The normalized spacial score (nSPS) is 7.33. The van der Waals surface area contributed by atoms with Crippen LogP contribution in [0.3, 0.4) is 0 Å². The van der Waals surface area contributed by atoms with Crippen molar-refractivity contribution in [2.75, 3.05) is 0 Å². The molecule has 34 valence electrons. The van der Waals surface area contributed by atoms with Crippen LogP contribution in [-0.4, -0.2) is 10.7 Å². The van der Waals surface area contributed by atoms with Crippen LogP contribution in [0.1, 0.15) is 12.8 Å². The highest BCUT2D eigenvalue weighted by Gasteiger charge is 1.69. The first-order valence-electron chi connectivity index (χ1n) is 1.79. The van der Waals surface area contributed by atoms with E-state index in [1.165, 1.54) is 0 Å². The molecule has 2 heteroatoms. The quantitative estimate of drug-likeness (QED) is 0.409. The highest BCUT2D eigenvalue weighted by atomic mass is 32.1. The Morgan fingerprint density at radius 1 is 1.00 bits per heavy atom. The lowest BCUT2D eigenvalue weighted by atomic mass is 10.4.